The Balaban J connectivity index is 2.23. The summed E-state index contributed by atoms with van der Waals surface area (Å²) in [4.78, 5) is 27.4. The van der Waals surface area contributed by atoms with Crippen molar-refractivity contribution >= 4 is 11.8 Å². The highest BCUT2D eigenvalue weighted by molar-refractivity contribution is 5.88. The highest BCUT2D eigenvalue weighted by Gasteiger charge is 2.28. The third-order valence-electron chi connectivity index (χ3n) is 4.86. The quantitative estimate of drug-likeness (QED) is 0.594. The van der Waals surface area contributed by atoms with Gasteiger partial charge in [-0.1, -0.05) is 36.8 Å². The number of carbonyl (C=O) groups is 2. The van der Waals surface area contributed by atoms with Crippen LogP contribution in [0.5, 0.6) is 17.2 Å². The van der Waals surface area contributed by atoms with Crippen LogP contribution in [-0.2, 0) is 16.1 Å². The van der Waals surface area contributed by atoms with Crippen LogP contribution < -0.4 is 19.5 Å². The molecule has 2 rings (SSSR count). The predicted octanol–water partition coefficient (Wildman–Crippen LogP) is 3.33. The smallest absolute Gasteiger partial charge is 0.261 e. The van der Waals surface area contributed by atoms with E-state index in [0.717, 1.165) is 11.1 Å². The number of carbonyl (C=O) groups excluding carboxylic acids is 2. The van der Waals surface area contributed by atoms with E-state index in [1.54, 1.807) is 37.3 Å². The maximum Gasteiger partial charge on any atom is 0.261 e. The second-order valence-electron chi connectivity index (χ2n) is 7.17. The van der Waals surface area contributed by atoms with E-state index in [4.69, 9.17) is 14.2 Å². The fourth-order valence-electron chi connectivity index (χ4n) is 3.31. The van der Waals surface area contributed by atoms with Crippen molar-refractivity contribution in [1.82, 2.24) is 10.2 Å². The molecule has 2 amide bonds. The average molecular weight is 429 g/mol. The Kier molecular flexibility index (Phi) is 9.18. The van der Waals surface area contributed by atoms with Gasteiger partial charge in [0.25, 0.3) is 5.91 Å². The Morgan fingerprint density at radius 2 is 1.65 bits per heavy atom. The summed E-state index contributed by atoms with van der Waals surface area (Å²) >= 11 is 0. The Morgan fingerprint density at radius 1 is 1.00 bits per heavy atom. The van der Waals surface area contributed by atoms with Gasteiger partial charge in [-0.15, -0.1) is 0 Å². The lowest BCUT2D eigenvalue weighted by atomic mass is 10.1. The van der Waals surface area contributed by atoms with Crippen LogP contribution in [0.1, 0.15) is 31.4 Å². The minimum absolute atomic E-state index is 0.172. The molecule has 0 heterocycles. The van der Waals surface area contributed by atoms with Crippen molar-refractivity contribution < 1.29 is 23.8 Å². The Labute approximate surface area is 184 Å². The van der Waals surface area contributed by atoms with Crippen LogP contribution in [0.15, 0.2) is 42.5 Å². The molecule has 168 valence electrons. The van der Waals surface area contributed by atoms with Gasteiger partial charge in [-0.25, -0.2) is 0 Å². The van der Waals surface area contributed by atoms with Gasteiger partial charge in [-0.2, -0.15) is 0 Å². The van der Waals surface area contributed by atoms with Crippen molar-refractivity contribution in [2.75, 3.05) is 27.4 Å². The monoisotopic (exact) mass is 428 g/mol. The molecule has 0 bridgehead atoms. The molecule has 7 heteroatoms. The van der Waals surface area contributed by atoms with Gasteiger partial charge in [0, 0.05) is 31.3 Å². The summed E-state index contributed by atoms with van der Waals surface area (Å²) in [6.45, 7) is 6.36. The van der Waals surface area contributed by atoms with Crippen LogP contribution in [-0.4, -0.2) is 50.1 Å². The topological polar surface area (TPSA) is 77.1 Å². The Hall–Kier alpha value is -3.22. The van der Waals surface area contributed by atoms with Crippen LogP contribution in [0, 0.1) is 6.92 Å². The minimum Gasteiger partial charge on any atom is -0.496 e. The van der Waals surface area contributed by atoms with Crippen molar-refractivity contribution in [3.05, 3.63) is 53.6 Å². The normalized spacial score (nSPS) is 11.4. The lowest BCUT2D eigenvalue weighted by molar-refractivity contribution is -0.142. The first kappa shape index (κ1) is 24.1. The van der Waals surface area contributed by atoms with Gasteiger partial charge in [0.2, 0.25) is 5.91 Å². The van der Waals surface area contributed by atoms with E-state index < -0.39 is 6.04 Å². The number of methoxy groups -OCH3 is 2. The SMILES string of the molecule is CCNC(=O)[C@@H](CC)N(Cc1cccc(C)c1)C(=O)COc1cc(OC)cc(OC)c1. The Bertz CT molecular complexity index is 862. The fourth-order valence-corrected chi connectivity index (χ4v) is 3.31. The van der Waals surface area contributed by atoms with E-state index in [9.17, 15) is 9.59 Å². The highest BCUT2D eigenvalue weighted by atomic mass is 16.5. The van der Waals surface area contributed by atoms with E-state index >= 15 is 0 Å². The standard InChI is InChI=1S/C24H32N2O5/c1-6-22(24(28)25-7-2)26(15-18-10-8-9-17(3)11-18)23(27)16-31-21-13-19(29-4)12-20(14-21)30-5/h8-14,22H,6-7,15-16H2,1-5H3,(H,25,28)/t22-/m1/s1. The van der Waals surface area contributed by atoms with Crippen LogP contribution >= 0.6 is 0 Å². The van der Waals surface area contributed by atoms with Gasteiger partial charge in [-0.05, 0) is 25.8 Å². The first-order valence-electron chi connectivity index (χ1n) is 10.4. The third-order valence-corrected chi connectivity index (χ3v) is 4.86. The third kappa shape index (κ3) is 6.91. The minimum atomic E-state index is -0.587. The second-order valence-corrected chi connectivity index (χ2v) is 7.17. The van der Waals surface area contributed by atoms with E-state index in [1.807, 2.05) is 45.0 Å². The molecular formula is C24H32N2O5. The summed E-state index contributed by atoms with van der Waals surface area (Å²) < 4.78 is 16.2. The maximum atomic E-state index is 13.2. The molecule has 0 aromatic heterocycles. The lowest BCUT2D eigenvalue weighted by Crippen LogP contribution is -2.50. The number of rotatable bonds is 11. The molecule has 0 aliphatic carbocycles. The largest absolute Gasteiger partial charge is 0.496 e. The zero-order valence-electron chi connectivity index (χ0n) is 18.9. The number of amides is 2. The molecule has 0 radical (unpaired) electrons. The molecule has 31 heavy (non-hydrogen) atoms. The van der Waals surface area contributed by atoms with Crippen LogP contribution in [0.4, 0.5) is 0 Å². The summed E-state index contributed by atoms with van der Waals surface area (Å²) in [5, 5.41) is 2.83. The molecule has 0 saturated heterocycles. The number of nitrogens with zero attached hydrogens (tertiary/aromatic N) is 1. The van der Waals surface area contributed by atoms with Crippen molar-refractivity contribution in [3.8, 4) is 17.2 Å². The lowest BCUT2D eigenvalue weighted by Gasteiger charge is -2.30. The maximum absolute atomic E-state index is 13.2. The molecule has 7 nitrogen and oxygen atoms in total. The number of ether oxygens (including phenoxy) is 3. The molecule has 0 aliphatic rings. The van der Waals surface area contributed by atoms with Gasteiger partial charge < -0.3 is 24.4 Å². The Morgan fingerprint density at radius 3 is 2.19 bits per heavy atom. The van der Waals surface area contributed by atoms with E-state index in [0.29, 0.717) is 36.8 Å². The number of hydrogen-bond acceptors (Lipinski definition) is 5. The fraction of sp³-hybridized carbons (Fsp3) is 0.417. The molecule has 0 aliphatic heterocycles. The highest BCUT2D eigenvalue weighted by Crippen LogP contribution is 2.27. The van der Waals surface area contributed by atoms with Gasteiger partial charge >= 0.3 is 0 Å². The zero-order valence-corrected chi connectivity index (χ0v) is 18.9. The van der Waals surface area contributed by atoms with E-state index in [2.05, 4.69) is 5.32 Å². The molecule has 0 spiro atoms. The zero-order chi connectivity index (χ0) is 22.8. The van der Waals surface area contributed by atoms with Crippen molar-refractivity contribution in [3.63, 3.8) is 0 Å². The summed E-state index contributed by atoms with van der Waals surface area (Å²) in [6.07, 6.45) is 0.496. The molecule has 2 aromatic rings. The summed E-state index contributed by atoms with van der Waals surface area (Å²) in [5.41, 5.74) is 2.05. The first-order valence-corrected chi connectivity index (χ1v) is 10.4. The first-order chi connectivity index (χ1) is 14.9. The van der Waals surface area contributed by atoms with Crippen LogP contribution in [0.25, 0.3) is 0 Å². The molecule has 0 saturated carbocycles. The number of benzene rings is 2. The second kappa shape index (κ2) is 11.8. The van der Waals surface area contributed by atoms with Crippen LogP contribution in [0.3, 0.4) is 0 Å². The van der Waals surface area contributed by atoms with E-state index in [-0.39, 0.29) is 18.4 Å². The number of aryl methyl sites for hydroxylation is 1. The summed E-state index contributed by atoms with van der Waals surface area (Å²) in [7, 11) is 3.09. The van der Waals surface area contributed by atoms with Crippen LogP contribution in [0.2, 0.25) is 0 Å². The number of hydrogen-bond donors (Lipinski definition) is 1. The van der Waals surface area contributed by atoms with Crippen molar-refractivity contribution in [2.45, 2.75) is 39.8 Å². The summed E-state index contributed by atoms with van der Waals surface area (Å²) in [5.74, 6) is 1.13. The predicted molar refractivity (Wildman–Crippen MR) is 120 cm³/mol. The molecule has 0 unspecified atom stereocenters. The van der Waals surface area contributed by atoms with Gasteiger partial charge in [0.1, 0.15) is 23.3 Å². The molecule has 0 fully saturated rings. The van der Waals surface area contributed by atoms with E-state index in [1.165, 1.54) is 0 Å². The number of likely N-dealkylation sites (N-methyl/N-ethyl adjacent to an activating group) is 1. The number of nitrogens with one attached hydrogen (secondary N) is 1. The molecule has 1 N–H and O–H groups in total. The molecular weight excluding hydrogens is 396 g/mol. The van der Waals surface area contributed by atoms with Gasteiger partial charge in [0.15, 0.2) is 6.61 Å². The van der Waals surface area contributed by atoms with Crippen molar-refractivity contribution in [2.24, 2.45) is 0 Å². The molecule has 1 atom stereocenters. The van der Waals surface area contributed by atoms with Gasteiger partial charge in [-0.3, -0.25) is 9.59 Å². The van der Waals surface area contributed by atoms with Gasteiger partial charge in [0.05, 0.1) is 14.2 Å². The molecule has 2 aromatic carbocycles. The van der Waals surface area contributed by atoms with Crippen molar-refractivity contribution in [1.29, 1.82) is 0 Å². The average Bonchev–Trinajstić information content (AvgIpc) is 2.77. The summed E-state index contributed by atoms with van der Waals surface area (Å²) in [6, 6.07) is 12.4.